The first kappa shape index (κ1) is 16.7. The van der Waals surface area contributed by atoms with Crippen molar-refractivity contribution >= 4 is 67.5 Å². The van der Waals surface area contributed by atoms with Gasteiger partial charge in [-0.2, -0.15) is 0 Å². The van der Waals surface area contributed by atoms with Crippen molar-refractivity contribution < 1.29 is 9.59 Å². The highest BCUT2D eigenvalue weighted by molar-refractivity contribution is 14.1. The number of rotatable bonds is 3. The van der Waals surface area contributed by atoms with Crippen LogP contribution in [0.3, 0.4) is 0 Å². The molecule has 0 unspecified atom stereocenters. The minimum Gasteiger partial charge on any atom is -0.268 e. The Morgan fingerprint density at radius 1 is 1.13 bits per heavy atom. The molecule has 0 saturated carbocycles. The van der Waals surface area contributed by atoms with Gasteiger partial charge in [-0.15, -0.1) is 0 Å². The van der Waals surface area contributed by atoms with Crippen molar-refractivity contribution in [1.29, 1.82) is 0 Å². The molecule has 1 saturated heterocycles. The predicted molar refractivity (Wildman–Crippen MR) is 105 cm³/mol. The van der Waals surface area contributed by atoms with Crippen molar-refractivity contribution in [1.82, 2.24) is 4.90 Å². The van der Waals surface area contributed by atoms with Gasteiger partial charge in [-0.1, -0.05) is 40.2 Å². The summed E-state index contributed by atoms with van der Waals surface area (Å²) in [5.41, 5.74) is 1.83. The summed E-state index contributed by atoms with van der Waals surface area (Å²) in [7, 11) is 0. The van der Waals surface area contributed by atoms with Crippen LogP contribution >= 0.6 is 50.3 Å². The molecule has 0 spiro atoms. The van der Waals surface area contributed by atoms with E-state index in [4.69, 9.17) is 0 Å². The van der Waals surface area contributed by atoms with Gasteiger partial charge in [0.1, 0.15) is 0 Å². The van der Waals surface area contributed by atoms with E-state index >= 15 is 0 Å². The van der Waals surface area contributed by atoms with Gasteiger partial charge in [0, 0.05) is 8.04 Å². The molecule has 1 heterocycles. The number of benzene rings is 2. The zero-order chi connectivity index (χ0) is 16.4. The Bertz CT molecular complexity index is 804. The van der Waals surface area contributed by atoms with E-state index in [1.807, 2.05) is 48.5 Å². The van der Waals surface area contributed by atoms with Crippen LogP contribution in [-0.2, 0) is 11.3 Å². The Kier molecular flexibility index (Phi) is 5.23. The zero-order valence-corrected chi connectivity index (χ0v) is 16.4. The van der Waals surface area contributed by atoms with E-state index in [0.29, 0.717) is 4.91 Å². The smallest absolute Gasteiger partial charge is 0.268 e. The van der Waals surface area contributed by atoms with Crippen molar-refractivity contribution in [3.63, 3.8) is 0 Å². The van der Waals surface area contributed by atoms with Crippen LogP contribution in [0.4, 0.5) is 4.79 Å². The highest BCUT2D eigenvalue weighted by atomic mass is 127. The molecule has 0 bridgehead atoms. The molecule has 116 valence electrons. The SMILES string of the molecule is O=C1S/C(=C\c2ccc(I)cc2)C(=O)N1Cc1cccc(Br)c1. The summed E-state index contributed by atoms with van der Waals surface area (Å²) in [6.07, 6.45) is 1.77. The molecule has 1 aliphatic heterocycles. The van der Waals surface area contributed by atoms with Crippen molar-refractivity contribution in [2.45, 2.75) is 6.54 Å². The molecule has 0 N–H and O–H groups in total. The molecule has 0 aromatic heterocycles. The van der Waals surface area contributed by atoms with Gasteiger partial charge >= 0.3 is 0 Å². The Morgan fingerprint density at radius 2 is 1.87 bits per heavy atom. The normalized spacial score (nSPS) is 16.4. The van der Waals surface area contributed by atoms with Crippen LogP contribution in [0.15, 0.2) is 57.9 Å². The highest BCUT2D eigenvalue weighted by Crippen LogP contribution is 2.33. The van der Waals surface area contributed by atoms with Crippen LogP contribution in [0.2, 0.25) is 0 Å². The molecule has 1 aliphatic rings. The molecular weight excluding hydrogens is 489 g/mol. The van der Waals surface area contributed by atoms with Gasteiger partial charge in [0.25, 0.3) is 11.1 Å². The number of imide groups is 1. The van der Waals surface area contributed by atoms with Crippen molar-refractivity contribution in [3.05, 3.63) is 72.6 Å². The summed E-state index contributed by atoms with van der Waals surface area (Å²) in [4.78, 5) is 26.4. The number of carbonyl (C=O) groups is 2. The van der Waals surface area contributed by atoms with E-state index in [0.717, 1.165) is 30.9 Å². The molecule has 23 heavy (non-hydrogen) atoms. The van der Waals surface area contributed by atoms with Crippen LogP contribution in [-0.4, -0.2) is 16.0 Å². The maximum Gasteiger partial charge on any atom is 0.293 e. The fourth-order valence-electron chi connectivity index (χ4n) is 2.16. The lowest BCUT2D eigenvalue weighted by molar-refractivity contribution is -0.123. The maximum absolute atomic E-state index is 12.5. The minimum atomic E-state index is -0.237. The van der Waals surface area contributed by atoms with Gasteiger partial charge in [0.05, 0.1) is 11.4 Å². The first-order chi connectivity index (χ1) is 11.0. The number of hydrogen-bond donors (Lipinski definition) is 0. The lowest BCUT2D eigenvalue weighted by atomic mass is 10.2. The van der Waals surface area contributed by atoms with Crippen LogP contribution < -0.4 is 0 Å². The van der Waals surface area contributed by atoms with Gasteiger partial charge in [-0.05, 0) is 75.8 Å². The van der Waals surface area contributed by atoms with Crippen molar-refractivity contribution in [3.8, 4) is 0 Å². The van der Waals surface area contributed by atoms with Crippen LogP contribution in [0.1, 0.15) is 11.1 Å². The predicted octanol–water partition coefficient (Wildman–Crippen LogP) is 5.29. The number of amides is 2. The lowest BCUT2D eigenvalue weighted by Gasteiger charge is -2.12. The monoisotopic (exact) mass is 499 g/mol. The van der Waals surface area contributed by atoms with Crippen LogP contribution in [0.5, 0.6) is 0 Å². The molecule has 1 fully saturated rings. The number of thioether (sulfide) groups is 1. The number of hydrogen-bond acceptors (Lipinski definition) is 3. The molecule has 3 nitrogen and oxygen atoms in total. The average Bonchev–Trinajstić information content (AvgIpc) is 2.77. The summed E-state index contributed by atoms with van der Waals surface area (Å²) in [6, 6.07) is 15.4. The second kappa shape index (κ2) is 7.19. The number of halogens is 2. The van der Waals surface area contributed by atoms with Gasteiger partial charge in [0.15, 0.2) is 0 Å². The quantitative estimate of drug-likeness (QED) is 0.425. The largest absolute Gasteiger partial charge is 0.293 e. The molecule has 6 heteroatoms. The third kappa shape index (κ3) is 4.05. The van der Waals surface area contributed by atoms with E-state index < -0.39 is 0 Å². The first-order valence-corrected chi connectivity index (χ1v) is 9.47. The Hall–Kier alpha value is -1.12. The summed E-state index contributed by atoms with van der Waals surface area (Å²) in [5, 5.41) is -0.230. The molecule has 0 radical (unpaired) electrons. The Balaban J connectivity index is 1.81. The first-order valence-electron chi connectivity index (χ1n) is 6.78. The molecular formula is C17H11BrINO2S. The number of nitrogens with zero attached hydrogens (tertiary/aromatic N) is 1. The van der Waals surface area contributed by atoms with Crippen LogP contribution in [0.25, 0.3) is 6.08 Å². The summed E-state index contributed by atoms with van der Waals surface area (Å²) >= 11 is 6.62. The van der Waals surface area contributed by atoms with Crippen LogP contribution in [0, 0.1) is 3.57 Å². The summed E-state index contributed by atoms with van der Waals surface area (Å²) in [6.45, 7) is 0.286. The maximum atomic E-state index is 12.5. The highest BCUT2D eigenvalue weighted by Gasteiger charge is 2.34. The van der Waals surface area contributed by atoms with Crippen molar-refractivity contribution in [2.24, 2.45) is 0 Å². The zero-order valence-electron chi connectivity index (χ0n) is 11.8. The van der Waals surface area contributed by atoms with E-state index in [9.17, 15) is 9.59 Å². The molecule has 3 rings (SSSR count). The topological polar surface area (TPSA) is 37.4 Å². The van der Waals surface area contributed by atoms with Gasteiger partial charge in [0.2, 0.25) is 0 Å². The Labute approximate surface area is 160 Å². The minimum absolute atomic E-state index is 0.230. The third-order valence-electron chi connectivity index (χ3n) is 3.27. The summed E-state index contributed by atoms with van der Waals surface area (Å²) in [5.74, 6) is -0.237. The molecule has 0 atom stereocenters. The van der Waals surface area contributed by atoms with Crippen molar-refractivity contribution in [2.75, 3.05) is 0 Å². The Morgan fingerprint density at radius 3 is 2.57 bits per heavy atom. The van der Waals surface area contributed by atoms with E-state index in [1.165, 1.54) is 4.90 Å². The van der Waals surface area contributed by atoms with E-state index in [2.05, 4.69) is 38.5 Å². The molecule has 2 amide bonds. The van der Waals surface area contributed by atoms with E-state index in [-0.39, 0.29) is 17.7 Å². The fraction of sp³-hybridized carbons (Fsp3) is 0.0588. The number of carbonyl (C=O) groups excluding carboxylic acids is 2. The summed E-state index contributed by atoms with van der Waals surface area (Å²) < 4.78 is 2.05. The second-order valence-electron chi connectivity index (χ2n) is 4.95. The molecule has 2 aromatic rings. The average molecular weight is 500 g/mol. The molecule has 0 aliphatic carbocycles. The third-order valence-corrected chi connectivity index (χ3v) is 5.39. The fourth-order valence-corrected chi connectivity index (χ4v) is 3.81. The van der Waals surface area contributed by atoms with E-state index in [1.54, 1.807) is 6.08 Å². The lowest BCUT2D eigenvalue weighted by Crippen LogP contribution is -2.27. The van der Waals surface area contributed by atoms with Gasteiger partial charge < -0.3 is 0 Å². The molecule has 2 aromatic carbocycles. The van der Waals surface area contributed by atoms with Gasteiger partial charge in [-0.25, -0.2) is 0 Å². The standard InChI is InChI=1S/C17H11BrINO2S/c18-13-3-1-2-12(8-13)10-20-16(21)15(23-17(20)22)9-11-4-6-14(19)7-5-11/h1-9H,10H2/b15-9-. The van der Waals surface area contributed by atoms with Gasteiger partial charge in [-0.3, -0.25) is 14.5 Å². The second-order valence-corrected chi connectivity index (χ2v) is 8.10.